The van der Waals surface area contributed by atoms with Crippen LogP contribution in [0.15, 0.2) is 23.6 Å². The summed E-state index contributed by atoms with van der Waals surface area (Å²) in [5, 5.41) is 4.94. The Morgan fingerprint density at radius 2 is 1.84 bits per heavy atom. The summed E-state index contributed by atoms with van der Waals surface area (Å²) in [5.41, 5.74) is 2.71. The molecule has 0 saturated heterocycles. The average Bonchev–Trinajstić information content (AvgIpc) is 3.36. The summed E-state index contributed by atoms with van der Waals surface area (Å²) in [6.07, 6.45) is -0.149. The van der Waals surface area contributed by atoms with Crippen LogP contribution in [0, 0.1) is 6.92 Å². The number of ether oxygens (including phenoxy) is 3. The Morgan fingerprint density at radius 3 is 2.47 bits per heavy atom. The molecule has 0 spiro atoms. The van der Waals surface area contributed by atoms with E-state index in [1.807, 2.05) is 11.4 Å². The van der Waals surface area contributed by atoms with Crippen molar-refractivity contribution in [3.63, 3.8) is 0 Å². The van der Waals surface area contributed by atoms with Crippen LogP contribution in [-0.4, -0.2) is 49.0 Å². The number of methoxy groups -OCH3 is 3. The quantitative estimate of drug-likeness (QED) is 0.391. The highest BCUT2D eigenvalue weighted by molar-refractivity contribution is 7.14. The summed E-state index contributed by atoms with van der Waals surface area (Å²) in [6.45, 7) is 3.02. The van der Waals surface area contributed by atoms with Crippen molar-refractivity contribution >= 4 is 34.1 Å². The molecule has 10 heteroatoms. The SMILES string of the molecule is COC(=O)c1c(CC(=O)Nc2nc(-c3ccc(OC)c(OC)c3)cs2)[nH]c(C(C)=O)c1C. The van der Waals surface area contributed by atoms with Gasteiger partial charge < -0.3 is 24.5 Å². The summed E-state index contributed by atoms with van der Waals surface area (Å²) in [4.78, 5) is 44.0. The van der Waals surface area contributed by atoms with Gasteiger partial charge in [0.05, 0.1) is 44.7 Å². The van der Waals surface area contributed by atoms with E-state index >= 15 is 0 Å². The maximum Gasteiger partial charge on any atom is 0.339 e. The molecule has 2 aromatic heterocycles. The fourth-order valence-electron chi connectivity index (χ4n) is 3.30. The first-order chi connectivity index (χ1) is 15.3. The van der Waals surface area contributed by atoms with E-state index in [1.54, 1.807) is 33.3 Å². The van der Waals surface area contributed by atoms with Gasteiger partial charge in [0.15, 0.2) is 22.4 Å². The number of nitrogens with zero attached hydrogens (tertiary/aromatic N) is 1. The molecule has 2 heterocycles. The number of aromatic nitrogens is 2. The number of rotatable bonds is 8. The molecule has 0 aliphatic heterocycles. The predicted molar refractivity (Wildman–Crippen MR) is 120 cm³/mol. The minimum Gasteiger partial charge on any atom is -0.493 e. The summed E-state index contributed by atoms with van der Waals surface area (Å²) >= 11 is 1.26. The van der Waals surface area contributed by atoms with Gasteiger partial charge in [-0.3, -0.25) is 9.59 Å². The second kappa shape index (κ2) is 9.65. The third kappa shape index (κ3) is 4.65. The molecule has 9 nitrogen and oxygen atoms in total. The number of thiazole rings is 1. The van der Waals surface area contributed by atoms with Crippen LogP contribution in [0.4, 0.5) is 5.13 Å². The highest BCUT2D eigenvalue weighted by Crippen LogP contribution is 2.33. The van der Waals surface area contributed by atoms with E-state index in [0.717, 1.165) is 5.56 Å². The summed E-state index contributed by atoms with van der Waals surface area (Å²) < 4.78 is 15.4. The molecule has 2 N–H and O–H groups in total. The van der Waals surface area contributed by atoms with Crippen molar-refractivity contribution in [3.05, 3.63) is 46.1 Å². The van der Waals surface area contributed by atoms with Crippen molar-refractivity contribution in [2.75, 3.05) is 26.6 Å². The molecule has 3 rings (SSSR count). The van der Waals surface area contributed by atoms with Crippen LogP contribution in [0.5, 0.6) is 11.5 Å². The number of Topliss-reactive ketones (excluding diaryl/α,β-unsaturated/α-hetero) is 1. The Hall–Kier alpha value is -3.66. The van der Waals surface area contributed by atoms with Crippen molar-refractivity contribution in [2.45, 2.75) is 20.3 Å². The van der Waals surface area contributed by atoms with Crippen LogP contribution in [0.2, 0.25) is 0 Å². The van der Waals surface area contributed by atoms with Crippen LogP contribution in [0.3, 0.4) is 0 Å². The fourth-order valence-corrected chi connectivity index (χ4v) is 4.04. The number of hydrogen-bond donors (Lipinski definition) is 2. The van der Waals surface area contributed by atoms with Gasteiger partial charge in [0.1, 0.15) is 0 Å². The first-order valence-electron chi connectivity index (χ1n) is 9.57. The fraction of sp³-hybridized carbons (Fsp3) is 0.273. The number of benzene rings is 1. The summed E-state index contributed by atoms with van der Waals surface area (Å²) in [7, 11) is 4.36. The number of amides is 1. The van der Waals surface area contributed by atoms with Crippen LogP contribution in [0.1, 0.15) is 39.0 Å². The molecule has 1 aromatic carbocycles. The minimum atomic E-state index is -0.612. The molecule has 0 bridgehead atoms. The molecule has 0 radical (unpaired) electrons. The number of carbonyl (C=O) groups is 3. The normalized spacial score (nSPS) is 10.5. The summed E-state index contributed by atoms with van der Waals surface area (Å²) in [5.74, 6) is -0.0625. The number of nitrogens with one attached hydrogen (secondary N) is 2. The van der Waals surface area contributed by atoms with Gasteiger partial charge >= 0.3 is 5.97 Å². The summed E-state index contributed by atoms with van der Waals surface area (Å²) in [6, 6.07) is 5.42. The van der Waals surface area contributed by atoms with Crippen LogP contribution in [-0.2, 0) is 16.0 Å². The number of hydrogen-bond acceptors (Lipinski definition) is 8. The Labute approximate surface area is 188 Å². The van der Waals surface area contributed by atoms with Crippen LogP contribution in [0.25, 0.3) is 11.3 Å². The molecule has 0 atom stereocenters. The molecule has 32 heavy (non-hydrogen) atoms. The number of ketones is 1. The maximum atomic E-state index is 12.6. The van der Waals surface area contributed by atoms with E-state index < -0.39 is 5.97 Å². The van der Waals surface area contributed by atoms with Crippen LogP contribution < -0.4 is 14.8 Å². The van der Waals surface area contributed by atoms with Gasteiger partial charge in [0, 0.05) is 23.6 Å². The maximum absolute atomic E-state index is 12.6. The molecule has 168 valence electrons. The molecule has 1 amide bonds. The van der Waals surface area contributed by atoms with Gasteiger partial charge in [-0.15, -0.1) is 11.3 Å². The Bertz CT molecular complexity index is 1180. The second-order valence-corrected chi connectivity index (χ2v) is 7.72. The van der Waals surface area contributed by atoms with Crippen molar-refractivity contribution < 1.29 is 28.6 Å². The first kappa shape index (κ1) is 23.0. The topological polar surface area (TPSA) is 120 Å². The lowest BCUT2D eigenvalue weighted by molar-refractivity contribution is -0.115. The zero-order valence-electron chi connectivity index (χ0n) is 18.3. The third-order valence-corrected chi connectivity index (χ3v) is 5.59. The van der Waals surface area contributed by atoms with E-state index in [9.17, 15) is 14.4 Å². The van der Waals surface area contributed by atoms with Crippen molar-refractivity contribution in [3.8, 4) is 22.8 Å². The van der Waals surface area contributed by atoms with E-state index in [0.29, 0.717) is 33.6 Å². The van der Waals surface area contributed by atoms with Crippen molar-refractivity contribution in [1.82, 2.24) is 9.97 Å². The molecule has 0 fully saturated rings. The molecule has 0 unspecified atom stereocenters. The number of esters is 1. The van der Waals surface area contributed by atoms with Crippen LogP contribution >= 0.6 is 11.3 Å². The average molecular weight is 458 g/mol. The Balaban J connectivity index is 1.79. The zero-order valence-corrected chi connectivity index (χ0v) is 19.1. The van der Waals surface area contributed by atoms with E-state index in [2.05, 4.69) is 15.3 Å². The first-order valence-corrected chi connectivity index (χ1v) is 10.4. The smallest absolute Gasteiger partial charge is 0.339 e. The lowest BCUT2D eigenvalue weighted by Gasteiger charge is -2.08. The highest BCUT2D eigenvalue weighted by Gasteiger charge is 2.24. The van der Waals surface area contributed by atoms with Gasteiger partial charge in [-0.1, -0.05) is 0 Å². The minimum absolute atomic E-state index is 0.149. The number of aromatic amines is 1. The molecule has 0 aliphatic rings. The third-order valence-electron chi connectivity index (χ3n) is 4.84. The second-order valence-electron chi connectivity index (χ2n) is 6.86. The van der Waals surface area contributed by atoms with E-state index in [-0.39, 0.29) is 29.4 Å². The molecule has 0 aliphatic carbocycles. The van der Waals surface area contributed by atoms with Gasteiger partial charge in [-0.05, 0) is 30.7 Å². The van der Waals surface area contributed by atoms with Gasteiger partial charge in [0.25, 0.3) is 0 Å². The molecular formula is C22H23N3O6S. The van der Waals surface area contributed by atoms with Crippen molar-refractivity contribution in [1.29, 1.82) is 0 Å². The monoisotopic (exact) mass is 457 g/mol. The Morgan fingerprint density at radius 1 is 1.12 bits per heavy atom. The van der Waals surface area contributed by atoms with E-state index in [1.165, 1.54) is 25.4 Å². The number of anilines is 1. The Kier molecular flexibility index (Phi) is 6.94. The number of H-pyrrole nitrogens is 1. The van der Waals surface area contributed by atoms with Gasteiger partial charge in [0.2, 0.25) is 5.91 Å². The molecular weight excluding hydrogens is 434 g/mol. The predicted octanol–water partition coefficient (Wildman–Crippen LogP) is 3.63. The highest BCUT2D eigenvalue weighted by atomic mass is 32.1. The lowest BCUT2D eigenvalue weighted by Crippen LogP contribution is -2.17. The standard InChI is InChI=1S/C22H23N3O6S/c1-11-19(21(28)31-5)14(23-20(11)12(2)26)9-18(27)25-22-24-15(10-32-22)13-6-7-16(29-3)17(8-13)30-4/h6-8,10,23H,9H2,1-5H3,(H,24,25,27). The van der Waals surface area contributed by atoms with Gasteiger partial charge in [-0.2, -0.15) is 0 Å². The molecule has 0 saturated carbocycles. The zero-order chi connectivity index (χ0) is 23.4. The largest absolute Gasteiger partial charge is 0.493 e. The van der Waals surface area contributed by atoms with Gasteiger partial charge in [-0.25, -0.2) is 9.78 Å². The lowest BCUT2D eigenvalue weighted by atomic mass is 10.1. The van der Waals surface area contributed by atoms with E-state index in [4.69, 9.17) is 14.2 Å². The van der Waals surface area contributed by atoms with Crippen molar-refractivity contribution in [2.24, 2.45) is 0 Å². The molecule has 3 aromatic rings. The number of carbonyl (C=O) groups excluding carboxylic acids is 3.